The maximum atomic E-state index is 13.8. The molecule has 2 N–H and O–H groups in total. The Morgan fingerprint density at radius 2 is 1.79 bits per heavy atom. The van der Waals surface area contributed by atoms with Crippen LogP contribution in [0.5, 0.6) is 0 Å². The van der Waals surface area contributed by atoms with Crippen molar-refractivity contribution < 1.29 is 9.59 Å². The van der Waals surface area contributed by atoms with E-state index in [1.807, 2.05) is 90.6 Å². The van der Waals surface area contributed by atoms with Gasteiger partial charge in [-0.15, -0.1) is 0 Å². The average Bonchev–Trinajstić information content (AvgIpc) is 3.28. The number of nitrogens with one attached hydrogen (secondary N) is 2. The normalized spacial score (nSPS) is 15.1. The van der Waals surface area contributed by atoms with Crippen molar-refractivity contribution in [3.8, 4) is 0 Å². The van der Waals surface area contributed by atoms with Crippen molar-refractivity contribution in [2.24, 2.45) is 0 Å². The summed E-state index contributed by atoms with van der Waals surface area (Å²) in [4.78, 5) is 37.0. The first-order chi connectivity index (χ1) is 18.1. The molecule has 0 radical (unpaired) electrons. The first-order valence-corrected chi connectivity index (χ1v) is 12.9. The maximum Gasteiger partial charge on any atom is 0.249 e. The van der Waals surface area contributed by atoms with Gasteiger partial charge in [0.15, 0.2) is 5.11 Å². The molecule has 1 aliphatic heterocycles. The Morgan fingerprint density at radius 3 is 2.42 bits per heavy atom. The van der Waals surface area contributed by atoms with Gasteiger partial charge < -0.3 is 25.3 Å². The van der Waals surface area contributed by atoms with E-state index in [2.05, 4.69) is 15.6 Å². The SMILES string of the molecule is CN(C)c1ccc(NC(=O)C(C)(C)N(Cc2cccnc2)C(=O)CN2C[C@@H](c3ccccc3)NC2=S)cc1. The van der Waals surface area contributed by atoms with Gasteiger partial charge in [-0.05, 0) is 67.5 Å². The van der Waals surface area contributed by atoms with Crippen molar-refractivity contribution in [3.63, 3.8) is 0 Å². The Kier molecular flexibility index (Phi) is 8.26. The third-order valence-corrected chi connectivity index (χ3v) is 7.13. The lowest BCUT2D eigenvalue weighted by Crippen LogP contribution is -2.57. The predicted molar refractivity (Wildman–Crippen MR) is 155 cm³/mol. The largest absolute Gasteiger partial charge is 0.378 e. The topological polar surface area (TPSA) is 80.8 Å². The van der Waals surface area contributed by atoms with Crippen LogP contribution in [0.1, 0.15) is 31.0 Å². The van der Waals surface area contributed by atoms with Gasteiger partial charge in [0, 0.05) is 51.0 Å². The summed E-state index contributed by atoms with van der Waals surface area (Å²) in [6.45, 7) is 4.39. The molecule has 8 nitrogen and oxygen atoms in total. The maximum absolute atomic E-state index is 13.8. The summed E-state index contributed by atoms with van der Waals surface area (Å²) < 4.78 is 0. The Hall–Kier alpha value is -3.98. The number of hydrogen-bond donors (Lipinski definition) is 2. The Bertz CT molecular complexity index is 1270. The number of aromatic nitrogens is 1. The van der Waals surface area contributed by atoms with Crippen LogP contribution in [0.4, 0.5) is 11.4 Å². The molecule has 38 heavy (non-hydrogen) atoms. The lowest BCUT2D eigenvalue weighted by molar-refractivity contribution is -0.144. The highest BCUT2D eigenvalue weighted by Crippen LogP contribution is 2.25. The fourth-order valence-electron chi connectivity index (χ4n) is 4.37. The standard InChI is InChI=1S/C29H34N6O2S/c1-29(2,27(37)31-23-12-14-24(15-13-23)33(3)4)35(18-21-9-8-16-30-17-21)26(36)20-34-19-25(32-28(34)38)22-10-6-5-7-11-22/h5-17,25H,18-20H2,1-4H3,(H,31,37)(H,32,38)/t25-/m0/s1. The Balaban J connectivity index is 1.52. The number of carbonyl (C=O) groups is 2. The van der Waals surface area contributed by atoms with E-state index in [1.54, 1.807) is 31.1 Å². The van der Waals surface area contributed by atoms with Crippen LogP contribution < -0.4 is 15.5 Å². The summed E-state index contributed by atoms with van der Waals surface area (Å²) in [5, 5.41) is 6.82. The lowest BCUT2D eigenvalue weighted by Gasteiger charge is -2.38. The van der Waals surface area contributed by atoms with Gasteiger partial charge in [0.2, 0.25) is 11.8 Å². The second kappa shape index (κ2) is 11.6. The van der Waals surface area contributed by atoms with E-state index in [-0.39, 0.29) is 30.9 Å². The van der Waals surface area contributed by atoms with Gasteiger partial charge in [0.05, 0.1) is 12.6 Å². The first-order valence-electron chi connectivity index (χ1n) is 12.5. The summed E-state index contributed by atoms with van der Waals surface area (Å²) in [6.07, 6.45) is 3.39. The Morgan fingerprint density at radius 1 is 1.08 bits per heavy atom. The summed E-state index contributed by atoms with van der Waals surface area (Å²) in [5.41, 5.74) is 2.48. The van der Waals surface area contributed by atoms with Gasteiger partial charge in [0.1, 0.15) is 5.54 Å². The molecule has 2 amide bonds. The van der Waals surface area contributed by atoms with Crippen LogP contribution in [0.25, 0.3) is 0 Å². The van der Waals surface area contributed by atoms with Crippen molar-refractivity contribution in [2.75, 3.05) is 37.4 Å². The predicted octanol–water partition coefficient (Wildman–Crippen LogP) is 3.82. The number of benzene rings is 2. The number of rotatable bonds is 9. The molecule has 198 valence electrons. The summed E-state index contributed by atoms with van der Waals surface area (Å²) >= 11 is 5.56. The molecule has 0 unspecified atom stereocenters. The van der Waals surface area contributed by atoms with E-state index < -0.39 is 5.54 Å². The molecule has 4 rings (SSSR count). The molecule has 2 heterocycles. The van der Waals surface area contributed by atoms with Crippen molar-refractivity contribution in [2.45, 2.75) is 32.0 Å². The highest BCUT2D eigenvalue weighted by Gasteiger charge is 2.39. The first kappa shape index (κ1) is 27.1. The molecule has 0 bridgehead atoms. The van der Waals surface area contributed by atoms with Gasteiger partial charge in [-0.1, -0.05) is 36.4 Å². The van der Waals surface area contributed by atoms with E-state index in [0.29, 0.717) is 17.3 Å². The molecular weight excluding hydrogens is 496 g/mol. The van der Waals surface area contributed by atoms with E-state index in [0.717, 1.165) is 16.8 Å². The third-order valence-electron chi connectivity index (χ3n) is 6.75. The van der Waals surface area contributed by atoms with Crippen molar-refractivity contribution in [1.29, 1.82) is 0 Å². The molecule has 1 saturated heterocycles. The monoisotopic (exact) mass is 530 g/mol. The third kappa shape index (κ3) is 6.28. The second-order valence-electron chi connectivity index (χ2n) is 10.1. The van der Waals surface area contributed by atoms with Crippen molar-refractivity contribution in [1.82, 2.24) is 20.1 Å². The number of carbonyl (C=O) groups excluding carboxylic acids is 2. The molecule has 9 heteroatoms. The molecule has 2 aromatic carbocycles. The highest BCUT2D eigenvalue weighted by molar-refractivity contribution is 7.80. The number of anilines is 2. The minimum atomic E-state index is -1.15. The number of thiocarbonyl (C=S) groups is 1. The molecule has 1 aliphatic rings. The smallest absolute Gasteiger partial charge is 0.249 e. The van der Waals surface area contributed by atoms with Crippen LogP contribution in [0, 0.1) is 0 Å². The number of nitrogens with zero attached hydrogens (tertiary/aromatic N) is 4. The molecule has 3 aromatic rings. The fraction of sp³-hybridized carbons (Fsp3) is 0.310. The average molecular weight is 531 g/mol. The fourth-order valence-corrected chi connectivity index (χ4v) is 4.65. The minimum Gasteiger partial charge on any atom is -0.378 e. The minimum absolute atomic E-state index is 0.00437. The molecule has 1 atom stereocenters. The van der Waals surface area contributed by atoms with Gasteiger partial charge in [0.25, 0.3) is 0 Å². The second-order valence-corrected chi connectivity index (χ2v) is 10.5. The summed E-state index contributed by atoms with van der Waals surface area (Å²) in [7, 11) is 3.92. The van der Waals surface area contributed by atoms with Crippen LogP contribution in [0.2, 0.25) is 0 Å². The van der Waals surface area contributed by atoms with Crippen LogP contribution in [0.15, 0.2) is 79.1 Å². The van der Waals surface area contributed by atoms with Crippen LogP contribution in [-0.4, -0.2) is 64.4 Å². The zero-order valence-corrected chi connectivity index (χ0v) is 23.0. The molecule has 1 fully saturated rings. The van der Waals surface area contributed by atoms with Gasteiger partial charge in [-0.2, -0.15) is 0 Å². The van der Waals surface area contributed by atoms with Crippen LogP contribution >= 0.6 is 12.2 Å². The van der Waals surface area contributed by atoms with Gasteiger partial charge >= 0.3 is 0 Å². The molecule has 0 saturated carbocycles. The molecule has 0 spiro atoms. The zero-order chi connectivity index (χ0) is 27.3. The quantitative estimate of drug-likeness (QED) is 0.407. The van der Waals surface area contributed by atoms with Crippen LogP contribution in [-0.2, 0) is 16.1 Å². The highest BCUT2D eigenvalue weighted by atomic mass is 32.1. The number of amides is 2. The van der Waals surface area contributed by atoms with E-state index in [9.17, 15) is 9.59 Å². The Labute approximate surface area is 229 Å². The summed E-state index contributed by atoms with van der Waals surface area (Å²) in [6, 6.07) is 21.3. The van der Waals surface area contributed by atoms with Gasteiger partial charge in [-0.3, -0.25) is 14.6 Å². The molecule has 1 aromatic heterocycles. The van der Waals surface area contributed by atoms with E-state index in [4.69, 9.17) is 12.2 Å². The summed E-state index contributed by atoms with van der Waals surface area (Å²) in [5.74, 6) is -0.480. The zero-order valence-electron chi connectivity index (χ0n) is 22.2. The van der Waals surface area contributed by atoms with E-state index >= 15 is 0 Å². The van der Waals surface area contributed by atoms with E-state index in [1.165, 1.54) is 0 Å². The molecular formula is C29H34N6O2S. The van der Waals surface area contributed by atoms with Crippen molar-refractivity contribution in [3.05, 3.63) is 90.3 Å². The molecule has 0 aliphatic carbocycles. The van der Waals surface area contributed by atoms with Gasteiger partial charge in [-0.25, -0.2) is 0 Å². The lowest BCUT2D eigenvalue weighted by atomic mass is 9.99. The van der Waals surface area contributed by atoms with Crippen LogP contribution in [0.3, 0.4) is 0 Å². The number of pyridine rings is 1. The number of hydrogen-bond acceptors (Lipinski definition) is 5. The van der Waals surface area contributed by atoms with Crippen molar-refractivity contribution >= 4 is 40.5 Å².